The summed E-state index contributed by atoms with van der Waals surface area (Å²) in [5, 5.41) is 8.44. The van der Waals surface area contributed by atoms with Crippen LogP contribution in [0.4, 0.5) is 0 Å². The summed E-state index contributed by atoms with van der Waals surface area (Å²) in [5.74, 6) is 0.0837. The van der Waals surface area contributed by atoms with Gasteiger partial charge in [-0.3, -0.25) is 4.79 Å². The first kappa shape index (κ1) is 13.3. The molecule has 3 rings (SSSR count). The summed E-state index contributed by atoms with van der Waals surface area (Å²) in [7, 11) is 0. The summed E-state index contributed by atoms with van der Waals surface area (Å²) in [6.07, 6.45) is 0.763. The van der Waals surface area contributed by atoms with Gasteiger partial charge in [0, 0.05) is 11.4 Å². The molecular formula is C16H18N2OS. The quantitative estimate of drug-likeness (QED) is 0.910. The van der Waals surface area contributed by atoms with Crippen molar-refractivity contribution < 1.29 is 4.79 Å². The van der Waals surface area contributed by atoms with Crippen LogP contribution < -0.4 is 10.6 Å². The second-order valence-electron chi connectivity index (χ2n) is 5.15. The average Bonchev–Trinajstić information content (AvgIpc) is 3.01. The van der Waals surface area contributed by atoms with E-state index < -0.39 is 0 Å². The van der Waals surface area contributed by atoms with Gasteiger partial charge in [0.05, 0.1) is 12.1 Å². The predicted octanol–water partition coefficient (Wildman–Crippen LogP) is 2.64. The molecule has 0 aliphatic carbocycles. The van der Waals surface area contributed by atoms with Gasteiger partial charge in [0.1, 0.15) is 0 Å². The highest BCUT2D eigenvalue weighted by atomic mass is 32.1. The van der Waals surface area contributed by atoms with Gasteiger partial charge in [-0.1, -0.05) is 30.3 Å². The smallest absolute Gasteiger partial charge is 0.237 e. The molecule has 0 radical (unpaired) electrons. The lowest BCUT2D eigenvalue weighted by Crippen LogP contribution is -2.48. The van der Waals surface area contributed by atoms with E-state index in [-0.39, 0.29) is 18.0 Å². The number of nitrogens with one attached hydrogen (secondary N) is 2. The topological polar surface area (TPSA) is 41.1 Å². The van der Waals surface area contributed by atoms with Gasteiger partial charge < -0.3 is 10.6 Å². The summed E-state index contributed by atoms with van der Waals surface area (Å²) in [6.45, 7) is 2.79. The Morgan fingerprint density at radius 1 is 1.30 bits per heavy atom. The number of hydrogen-bond donors (Lipinski definition) is 2. The van der Waals surface area contributed by atoms with Gasteiger partial charge in [-0.2, -0.15) is 0 Å². The zero-order valence-electron chi connectivity index (χ0n) is 11.4. The zero-order valence-corrected chi connectivity index (χ0v) is 12.2. The summed E-state index contributed by atoms with van der Waals surface area (Å²) in [6, 6.07) is 12.3. The molecule has 0 spiro atoms. The molecule has 0 saturated heterocycles. The molecule has 1 aliphatic heterocycles. The molecule has 1 aliphatic rings. The first-order valence-corrected chi connectivity index (χ1v) is 7.76. The van der Waals surface area contributed by atoms with Crippen LogP contribution in [0, 0.1) is 0 Å². The Morgan fingerprint density at radius 2 is 2.10 bits per heavy atom. The van der Waals surface area contributed by atoms with Gasteiger partial charge in [0.15, 0.2) is 0 Å². The normalized spacial score (nSPS) is 19.1. The van der Waals surface area contributed by atoms with Crippen molar-refractivity contribution >= 4 is 17.2 Å². The largest absolute Gasteiger partial charge is 0.347 e. The van der Waals surface area contributed by atoms with Crippen LogP contribution >= 0.6 is 11.3 Å². The fraction of sp³-hybridized carbons (Fsp3) is 0.312. The lowest BCUT2D eigenvalue weighted by atomic mass is 9.95. The average molecular weight is 286 g/mol. The maximum absolute atomic E-state index is 12.3. The highest BCUT2D eigenvalue weighted by molar-refractivity contribution is 7.10. The lowest BCUT2D eigenvalue weighted by molar-refractivity contribution is -0.123. The molecule has 3 nitrogen and oxygen atoms in total. The Bertz CT molecular complexity index is 594. The summed E-state index contributed by atoms with van der Waals surface area (Å²) in [4.78, 5) is 13.5. The van der Waals surface area contributed by atoms with E-state index in [1.165, 1.54) is 16.0 Å². The van der Waals surface area contributed by atoms with Crippen molar-refractivity contribution in [1.29, 1.82) is 0 Å². The first-order valence-electron chi connectivity index (χ1n) is 6.88. The van der Waals surface area contributed by atoms with Crippen LogP contribution in [0.25, 0.3) is 0 Å². The van der Waals surface area contributed by atoms with Crippen LogP contribution in [0.1, 0.15) is 29.0 Å². The Labute approximate surface area is 123 Å². The van der Waals surface area contributed by atoms with E-state index >= 15 is 0 Å². The summed E-state index contributed by atoms with van der Waals surface area (Å²) < 4.78 is 0. The first-order chi connectivity index (χ1) is 9.74. The summed E-state index contributed by atoms with van der Waals surface area (Å²) in [5.41, 5.74) is 2.57. The van der Waals surface area contributed by atoms with Crippen molar-refractivity contribution in [1.82, 2.24) is 10.6 Å². The van der Waals surface area contributed by atoms with Crippen molar-refractivity contribution in [3.8, 4) is 0 Å². The molecule has 1 amide bonds. The SMILES string of the molecule is CC(NC(=O)[C@H]1Cc2ccccc2CN1)c1cccs1. The second kappa shape index (κ2) is 5.77. The van der Waals surface area contributed by atoms with E-state index in [9.17, 15) is 4.79 Å². The highest BCUT2D eigenvalue weighted by Crippen LogP contribution is 2.20. The Morgan fingerprint density at radius 3 is 2.85 bits per heavy atom. The maximum atomic E-state index is 12.3. The molecule has 2 atom stereocenters. The molecule has 1 aromatic carbocycles. The van der Waals surface area contributed by atoms with Crippen LogP contribution in [0.5, 0.6) is 0 Å². The van der Waals surface area contributed by atoms with E-state index in [2.05, 4.69) is 28.8 Å². The molecule has 0 bridgehead atoms. The molecular weight excluding hydrogens is 268 g/mol. The molecule has 104 valence electrons. The van der Waals surface area contributed by atoms with E-state index in [0.29, 0.717) is 0 Å². The second-order valence-corrected chi connectivity index (χ2v) is 6.13. The Kier molecular flexibility index (Phi) is 3.85. The fourth-order valence-electron chi connectivity index (χ4n) is 2.56. The zero-order chi connectivity index (χ0) is 13.9. The van der Waals surface area contributed by atoms with Crippen molar-refractivity contribution in [3.05, 3.63) is 57.8 Å². The number of carbonyl (C=O) groups excluding carboxylic acids is 1. The monoisotopic (exact) mass is 286 g/mol. The molecule has 0 saturated carbocycles. The predicted molar refractivity (Wildman–Crippen MR) is 81.7 cm³/mol. The lowest BCUT2D eigenvalue weighted by Gasteiger charge is -2.26. The van der Waals surface area contributed by atoms with E-state index in [0.717, 1.165) is 13.0 Å². The van der Waals surface area contributed by atoms with Crippen molar-refractivity contribution in [2.24, 2.45) is 0 Å². The molecule has 2 aromatic rings. The number of rotatable bonds is 3. The number of benzene rings is 1. The van der Waals surface area contributed by atoms with E-state index in [1.807, 2.05) is 30.5 Å². The number of amides is 1. The van der Waals surface area contributed by atoms with Crippen LogP contribution in [0.15, 0.2) is 41.8 Å². The number of hydrogen-bond acceptors (Lipinski definition) is 3. The Hall–Kier alpha value is -1.65. The molecule has 4 heteroatoms. The fourth-order valence-corrected chi connectivity index (χ4v) is 3.30. The highest BCUT2D eigenvalue weighted by Gasteiger charge is 2.25. The third kappa shape index (κ3) is 2.76. The van der Waals surface area contributed by atoms with Gasteiger partial charge in [-0.15, -0.1) is 11.3 Å². The molecule has 20 heavy (non-hydrogen) atoms. The molecule has 2 N–H and O–H groups in total. The minimum Gasteiger partial charge on any atom is -0.347 e. The number of fused-ring (bicyclic) bond motifs is 1. The molecule has 1 unspecified atom stereocenters. The van der Waals surface area contributed by atoms with Crippen molar-refractivity contribution in [3.63, 3.8) is 0 Å². The van der Waals surface area contributed by atoms with Crippen LogP contribution in [-0.2, 0) is 17.8 Å². The van der Waals surface area contributed by atoms with Crippen LogP contribution in [0.2, 0.25) is 0 Å². The number of carbonyl (C=O) groups is 1. The van der Waals surface area contributed by atoms with Crippen LogP contribution in [-0.4, -0.2) is 11.9 Å². The number of thiophene rings is 1. The van der Waals surface area contributed by atoms with Crippen molar-refractivity contribution in [2.75, 3.05) is 0 Å². The maximum Gasteiger partial charge on any atom is 0.237 e. The van der Waals surface area contributed by atoms with Crippen LogP contribution in [0.3, 0.4) is 0 Å². The van der Waals surface area contributed by atoms with Gasteiger partial charge >= 0.3 is 0 Å². The molecule has 2 heterocycles. The molecule has 1 aromatic heterocycles. The summed E-state index contributed by atoms with van der Waals surface area (Å²) >= 11 is 1.67. The molecule has 0 fully saturated rings. The third-order valence-electron chi connectivity index (χ3n) is 3.73. The minimum atomic E-state index is -0.132. The van der Waals surface area contributed by atoms with E-state index in [4.69, 9.17) is 0 Å². The minimum absolute atomic E-state index is 0.0708. The third-order valence-corrected chi connectivity index (χ3v) is 4.78. The van der Waals surface area contributed by atoms with E-state index in [1.54, 1.807) is 11.3 Å². The standard InChI is InChI=1S/C16H18N2OS/c1-11(15-7-4-8-20-15)18-16(19)14-9-12-5-2-3-6-13(12)10-17-14/h2-8,11,14,17H,9-10H2,1H3,(H,18,19)/t11?,14-/m1/s1. The van der Waals surface area contributed by atoms with Gasteiger partial charge in [0.25, 0.3) is 0 Å². The van der Waals surface area contributed by atoms with Gasteiger partial charge in [-0.25, -0.2) is 0 Å². The van der Waals surface area contributed by atoms with Crippen molar-refractivity contribution in [2.45, 2.75) is 32.0 Å². The van der Waals surface area contributed by atoms with Gasteiger partial charge in [-0.05, 0) is 35.9 Å². The Balaban J connectivity index is 1.64. The van der Waals surface area contributed by atoms with Gasteiger partial charge in [0.2, 0.25) is 5.91 Å².